The van der Waals surface area contributed by atoms with E-state index in [1.54, 1.807) is 0 Å². The summed E-state index contributed by atoms with van der Waals surface area (Å²) in [6.45, 7) is 8.63. The van der Waals surface area contributed by atoms with Crippen molar-refractivity contribution < 1.29 is 17.9 Å². The SMILES string of the molecule is CC1CN(S(=O)(=O)c2ccc(C(=O)N=c3sc4cc(C(C)C)ccc4n3C)cc2)CC(C)O1. The monoisotopic (exact) mass is 487 g/mol. The molecule has 2 unspecified atom stereocenters. The molecule has 33 heavy (non-hydrogen) atoms. The zero-order chi connectivity index (χ0) is 23.9. The van der Waals surface area contributed by atoms with Crippen LogP contribution >= 0.6 is 11.3 Å². The van der Waals surface area contributed by atoms with Gasteiger partial charge in [-0.25, -0.2) is 8.42 Å². The standard InChI is InChI=1S/C24H29N3O4S2/c1-15(2)19-8-11-21-22(12-19)32-24(26(21)5)25-23(28)18-6-9-20(10-7-18)33(29,30)27-13-16(3)31-17(4)14-27/h6-12,15-17H,13-14H2,1-5H3. The number of fused-ring (bicyclic) bond motifs is 1. The number of morpholine rings is 1. The Morgan fingerprint density at radius 2 is 1.73 bits per heavy atom. The van der Waals surface area contributed by atoms with Gasteiger partial charge >= 0.3 is 0 Å². The fourth-order valence-corrected chi connectivity index (χ4v) is 6.67. The number of carbonyl (C=O) groups is 1. The summed E-state index contributed by atoms with van der Waals surface area (Å²) in [4.78, 5) is 17.9. The van der Waals surface area contributed by atoms with Crippen LogP contribution in [0, 0.1) is 0 Å². The zero-order valence-corrected chi connectivity index (χ0v) is 21.1. The van der Waals surface area contributed by atoms with E-state index >= 15 is 0 Å². The Labute approximate surface area is 198 Å². The molecular weight excluding hydrogens is 458 g/mol. The van der Waals surface area contributed by atoms with Crippen molar-refractivity contribution in [1.29, 1.82) is 0 Å². The number of sulfonamides is 1. The van der Waals surface area contributed by atoms with Crippen molar-refractivity contribution in [3.05, 3.63) is 58.4 Å². The topological polar surface area (TPSA) is 81.0 Å². The first-order chi connectivity index (χ1) is 15.6. The predicted octanol–water partition coefficient (Wildman–Crippen LogP) is 3.90. The number of hydrogen-bond donors (Lipinski definition) is 0. The molecule has 1 aromatic heterocycles. The van der Waals surface area contributed by atoms with Gasteiger partial charge in [-0.1, -0.05) is 31.3 Å². The summed E-state index contributed by atoms with van der Waals surface area (Å²) in [5.41, 5.74) is 2.60. The van der Waals surface area contributed by atoms with Crippen molar-refractivity contribution in [3.8, 4) is 0 Å². The molecule has 7 nitrogen and oxygen atoms in total. The lowest BCUT2D eigenvalue weighted by Crippen LogP contribution is -2.48. The summed E-state index contributed by atoms with van der Waals surface area (Å²) < 4.78 is 36.1. The van der Waals surface area contributed by atoms with E-state index in [2.05, 4.69) is 37.0 Å². The second-order valence-electron chi connectivity index (χ2n) is 8.85. The molecule has 0 bridgehead atoms. The number of ether oxygens (including phenoxy) is 1. The number of nitrogens with zero attached hydrogens (tertiary/aromatic N) is 3. The Balaban J connectivity index is 1.60. The number of rotatable bonds is 4. The third-order valence-electron chi connectivity index (χ3n) is 5.82. The number of hydrogen-bond acceptors (Lipinski definition) is 5. The maximum absolute atomic E-state index is 13.0. The average molecular weight is 488 g/mol. The minimum atomic E-state index is -3.66. The van der Waals surface area contributed by atoms with Gasteiger partial charge < -0.3 is 9.30 Å². The summed E-state index contributed by atoms with van der Waals surface area (Å²) in [5, 5.41) is 0. The van der Waals surface area contributed by atoms with Crippen molar-refractivity contribution in [2.45, 2.75) is 50.7 Å². The van der Waals surface area contributed by atoms with E-state index in [0.29, 0.717) is 29.4 Å². The third-order valence-corrected chi connectivity index (χ3v) is 8.76. The third kappa shape index (κ3) is 4.82. The Kier molecular flexibility index (Phi) is 6.59. The molecule has 0 spiro atoms. The molecule has 0 radical (unpaired) electrons. The maximum Gasteiger partial charge on any atom is 0.279 e. The fraction of sp³-hybridized carbons (Fsp3) is 0.417. The lowest BCUT2D eigenvalue weighted by Gasteiger charge is -2.34. The summed E-state index contributed by atoms with van der Waals surface area (Å²) in [6.07, 6.45) is -0.330. The number of carbonyl (C=O) groups excluding carboxylic acids is 1. The van der Waals surface area contributed by atoms with Gasteiger partial charge in [-0.2, -0.15) is 9.30 Å². The Bertz CT molecular complexity index is 1340. The highest BCUT2D eigenvalue weighted by Crippen LogP contribution is 2.24. The van der Waals surface area contributed by atoms with Crippen molar-refractivity contribution in [3.63, 3.8) is 0 Å². The molecule has 9 heteroatoms. The summed E-state index contributed by atoms with van der Waals surface area (Å²) >= 11 is 1.47. The van der Waals surface area contributed by atoms with E-state index in [4.69, 9.17) is 4.74 Å². The number of benzene rings is 2. The van der Waals surface area contributed by atoms with Crippen molar-refractivity contribution in [2.24, 2.45) is 12.0 Å². The number of aromatic nitrogens is 1. The lowest BCUT2D eigenvalue weighted by molar-refractivity contribution is -0.0440. The number of aryl methyl sites for hydroxylation is 1. The number of amides is 1. The van der Waals surface area contributed by atoms with Gasteiger partial charge in [0.25, 0.3) is 5.91 Å². The van der Waals surface area contributed by atoms with Gasteiger partial charge in [-0.15, -0.1) is 0 Å². The van der Waals surface area contributed by atoms with Crippen molar-refractivity contribution >= 4 is 37.5 Å². The smallest absolute Gasteiger partial charge is 0.279 e. The highest BCUT2D eigenvalue weighted by Gasteiger charge is 2.32. The molecule has 1 amide bonds. The van der Waals surface area contributed by atoms with Crippen molar-refractivity contribution in [2.75, 3.05) is 13.1 Å². The van der Waals surface area contributed by atoms with E-state index < -0.39 is 15.9 Å². The Morgan fingerprint density at radius 1 is 1.09 bits per heavy atom. The second-order valence-corrected chi connectivity index (χ2v) is 11.8. The van der Waals surface area contributed by atoms with Crippen LogP contribution in [-0.2, 0) is 21.8 Å². The van der Waals surface area contributed by atoms with Gasteiger partial charge in [0.2, 0.25) is 10.0 Å². The van der Waals surface area contributed by atoms with Crippen LogP contribution < -0.4 is 4.80 Å². The molecule has 3 aromatic rings. The highest BCUT2D eigenvalue weighted by molar-refractivity contribution is 7.89. The van der Waals surface area contributed by atoms with Crippen molar-refractivity contribution in [1.82, 2.24) is 8.87 Å². The van der Waals surface area contributed by atoms with E-state index in [-0.39, 0.29) is 17.1 Å². The van der Waals surface area contributed by atoms with Crippen LogP contribution in [0.2, 0.25) is 0 Å². The molecule has 0 saturated carbocycles. The molecule has 0 aliphatic carbocycles. The van der Waals surface area contributed by atoms with Crippen LogP contribution in [0.5, 0.6) is 0 Å². The summed E-state index contributed by atoms with van der Waals surface area (Å²) in [7, 11) is -1.77. The molecule has 1 aliphatic heterocycles. The van der Waals surface area contributed by atoms with Gasteiger partial charge in [0.05, 0.1) is 27.3 Å². The van der Waals surface area contributed by atoms with E-state index in [1.807, 2.05) is 25.5 Å². The first-order valence-corrected chi connectivity index (χ1v) is 13.3. The van der Waals surface area contributed by atoms with Crippen LogP contribution in [0.15, 0.2) is 52.4 Å². The first-order valence-electron chi connectivity index (χ1n) is 11.0. The van der Waals surface area contributed by atoms with Crippen LogP contribution in [-0.4, -0.2) is 48.5 Å². The molecule has 1 fully saturated rings. The van der Waals surface area contributed by atoms with E-state index in [1.165, 1.54) is 45.5 Å². The lowest BCUT2D eigenvalue weighted by atomic mass is 10.0. The van der Waals surface area contributed by atoms with Gasteiger partial charge in [-0.05, 0) is 61.7 Å². The molecule has 4 rings (SSSR count). The molecule has 2 aromatic carbocycles. The van der Waals surface area contributed by atoms with Crippen LogP contribution in [0.4, 0.5) is 0 Å². The van der Waals surface area contributed by atoms with E-state index in [9.17, 15) is 13.2 Å². The summed E-state index contributed by atoms with van der Waals surface area (Å²) in [5.74, 6) is 0.0151. The van der Waals surface area contributed by atoms with E-state index in [0.717, 1.165) is 10.2 Å². The first kappa shape index (κ1) is 23.8. The second kappa shape index (κ2) is 9.13. The average Bonchev–Trinajstić information content (AvgIpc) is 3.07. The minimum absolute atomic E-state index is 0.161. The van der Waals surface area contributed by atoms with Gasteiger partial charge in [0, 0.05) is 25.7 Å². The zero-order valence-electron chi connectivity index (χ0n) is 19.5. The maximum atomic E-state index is 13.0. The Morgan fingerprint density at radius 3 is 2.33 bits per heavy atom. The highest BCUT2D eigenvalue weighted by atomic mass is 32.2. The minimum Gasteiger partial charge on any atom is -0.373 e. The van der Waals surface area contributed by atoms with Gasteiger partial charge in [0.15, 0.2) is 4.80 Å². The molecule has 1 saturated heterocycles. The molecular formula is C24H29N3O4S2. The molecule has 2 atom stereocenters. The Hall–Kier alpha value is -2.33. The number of thiazole rings is 1. The molecule has 176 valence electrons. The van der Waals surface area contributed by atoms with Gasteiger partial charge in [0.1, 0.15) is 0 Å². The fourth-order valence-electron chi connectivity index (χ4n) is 4.01. The quantitative estimate of drug-likeness (QED) is 0.559. The van der Waals surface area contributed by atoms with Crippen LogP contribution in [0.25, 0.3) is 10.2 Å². The largest absolute Gasteiger partial charge is 0.373 e. The molecule has 1 aliphatic rings. The van der Waals surface area contributed by atoms with Crippen LogP contribution in [0.1, 0.15) is 49.5 Å². The summed E-state index contributed by atoms with van der Waals surface area (Å²) in [6, 6.07) is 12.3. The van der Waals surface area contributed by atoms with Crippen LogP contribution in [0.3, 0.4) is 0 Å². The van der Waals surface area contributed by atoms with Gasteiger partial charge in [-0.3, -0.25) is 4.79 Å². The molecule has 2 heterocycles. The predicted molar refractivity (Wildman–Crippen MR) is 130 cm³/mol. The normalized spacial score (nSPS) is 20.6. The molecule has 0 N–H and O–H groups in total.